The number of fused-ring (bicyclic) bond motifs is 1. The van der Waals surface area contributed by atoms with Gasteiger partial charge in [0.25, 0.3) is 21.9 Å². The van der Waals surface area contributed by atoms with Crippen molar-refractivity contribution in [3.63, 3.8) is 0 Å². The molecule has 0 radical (unpaired) electrons. The first-order chi connectivity index (χ1) is 23.6. The Morgan fingerprint density at radius 3 is 2.32 bits per heavy atom. The largest absolute Gasteiger partial charge is 0.416 e. The molecule has 0 saturated heterocycles. The van der Waals surface area contributed by atoms with Gasteiger partial charge in [-0.3, -0.25) is 23.5 Å². The lowest BCUT2D eigenvalue weighted by Crippen LogP contribution is -2.55. The van der Waals surface area contributed by atoms with E-state index in [0.29, 0.717) is 22.9 Å². The predicted molar refractivity (Wildman–Crippen MR) is 174 cm³/mol. The third-order valence-electron chi connectivity index (χ3n) is 7.87. The molecule has 2 heterocycles. The van der Waals surface area contributed by atoms with Crippen molar-refractivity contribution in [3.8, 4) is 5.69 Å². The second kappa shape index (κ2) is 14.2. The van der Waals surface area contributed by atoms with E-state index in [9.17, 15) is 40.4 Å². The van der Waals surface area contributed by atoms with Crippen LogP contribution in [0.5, 0.6) is 0 Å². The van der Waals surface area contributed by atoms with Crippen molar-refractivity contribution < 1.29 is 44.5 Å². The molecule has 0 spiro atoms. The highest BCUT2D eigenvalue weighted by Crippen LogP contribution is 2.44. The fourth-order valence-electron chi connectivity index (χ4n) is 5.58. The second-order valence-corrected chi connectivity index (χ2v) is 13.0. The number of hydrogen-bond acceptors (Lipinski definition) is 7. The van der Waals surface area contributed by atoms with Crippen LogP contribution in [0.4, 0.5) is 23.4 Å². The fraction of sp³-hybridized carbons (Fsp3) is 0.235. The number of carbonyl (C=O) groups is 3. The Kier molecular flexibility index (Phi) is 10.2. The molecule has 50 heavy (non-hydrogen) atoms. The molecule has 0 unspecified atom stereocenters. The van der Waals surface area contributed by atoms with E-state index in [4.69, 9.17) is 5.10 Å². The second-order valence-electron chi connectivity index (χ2n) is 11.3. The number of aromatic nitrogens is 2. The molecule has 1 aromatic heterocycles. The zero-order valence-electron chi connectivity index (χ0n) is 26.7. The van der Waals surface area contributed by atoms with Gasteiger partial charge in [-0.05, 0) is 55.0 Å². The third-order valence-corrected chi connectivity index (χ3v) is 8.42. The molecule has 0 bridgehead atoms. The van der Waals surface area contributed by atoms with Crippen molar-refractivity contribution in [1.82, 2.24) is 20.4 Å². The van der Waals surface area contributed by atoms with Crippen LogP contribution in [-0.2, 0) is 36.6 Å². The standard InChI is InChI=1S/C34H31F4N5O6S/c1-4-42-32-28(26(41-43(32)25-11-6-5-7-12-25)18-39-30(44)20(2)19-49-50(3,47)48)27(21-13-15-24(35)16-14-21)29(33(42)46)40-31(45)22-9-8-10-23(17-22)34(36,37)38/h5-17,27,29H,2,4,18-19H2,1,3H3,(H,39,44)(H,40,45)/t27-,29-/m1/s1. The van der Waals surface area contributed by atoms with Crippen molar-refractivity contribution in [1.29, 1.82) is 0 Å². The number of nitrogens with one attached hydrogen (secondary N) is 2. The molecular weight excluding hydrogens is 682 g/mol. The number of benzene rings is 3. The minimum Gasteiger partial charge on any atom is -0.347 e. The van der Waals surface area contributed by atoms with Crippen LogP contribution in [0.3, 0.4) is 0 Å². The van der Waals surface area contributed by atoms with Crippen LogP contribution in [0.1, 0.15) is 45.6 Å². The number of halogens is 4. The molecule has 0 saturated carbocycles. The Bertz CT molecular complexity index is 2050. The highest BCUT2D eigenvalue weighted by Gasteiger charge is 2.46. The minimum absolute atomic E-state index is 0.0713. The molecule has 3 amide bonds. The molecule has 1 aliphatic heterocycles. The SMILES string of the molecule is C=C(COS(C)(=O)=O)C(=O)NCc1nn(-c2ccccc2)c2c1[C@@H](c1ccc(F)cc1)[C@@H](NC(=O)c1cccc(C(F)(F)F)c1)C(=O)N2CC. The van der Waals surface area contributed by atoms with Crippen molar-refractivity contribution in [3.05, 3.63) is 125 Å². The molecule has 0 aliphatic carbocycles. The molecule has 0 fully saturated rings. The smallest absolute Gasteiger partial charge is 0.347 e. The average Bonchev–Trinajstić information content (AvgIpc) is 3.45. The van der Waals surface area contributed by atoms with Crippen molar-refractivity contribution in [2.24, 2.45) is 0 Å². The summed E-state index contributed by atoms with van der Waals surface area (Å²) in [5, 5.41) is 10.0. The quantitative estimate of drug-likeness (QED) is 0.133. The maximum Gasteiger partial charge on any atom is 0.416 e. The molecule has 262 valence electrons. The summed E-state index contributed by atoms with van der Waals surface area (Å²) in [5.74, 6) is -3.72. The molecule has 5 rings (SSSR count). The maximum absolute atomic E-state index is 14.3. The van der Waals surface area contributed by atoms with E-state index in [2.05, 4.69) is 21.4 Å². The molecule has 16 heteroatoms. The van der Waals surface area contributed by atoms with E-state index in [1.807, 2.05) is 0 Å². The van der Waals surface area contributed by atoms with Gasteiger partial charge >= 0.3 is 6.18 Å². The summed E-state index contributed by atoms with van der Waals surface area (Å²) in [6.45, 7) is 4.44. The van der Waals surface area contributed by atoms with Gasteiger partial charge in [0.15, 0.2) is 0 Å². The van der Waals surface area contributed by atoms with Crippen LogP contribution >= 0.6 is 0 Å². The van der Waals surface area contributed by atoms with Gasteiger partial charge in [0.2, 0.25) is 5.91 Å². The van der Waals surface area contributed by atoms with E-state index < -0.39 is 64.0 Å². The molecule has 4 aromatic rings. The lowest BCUT2D eigenvalue weighted by Gasteiger charge is -2.38. The summed E-state index contributed by atoms with van der Waals surface area (Å²) in [5.41, 5.74) is -0.152. The number of para-hydroxylation sites is 1. The summed E-state index contributed by atoms with van der Waals surface area (Å²) in [6.07, 6.45) is -3.91. The van der Waals surface area contributed by atoms with Gasteiger partial charge in [-0.15, -0.1) is 0 Å². The minimum atomic E-state index is -4.73. The molecule has 1 aliphatic rings. The van der Waals surface area contributed by atoms with Gasteiger partial charge < -0.3 is 10.6 Å². The average molecular weight is 714 g/mol. The normalized spacial score (nSPS) is 16.1. The Hall–Kier alpha value is -5.35. The van der Waals surface area contributed by atoms with Crippen LogP contribution < -0.4 is 15.5 Å². The van der Waals surface area contributed by atoms with Gasteiger partial charge in [0.1, 0.15) is 17.7 Å². The monoisotopic (exact) mass is 713 g/mol. The first-order valence-corrected chi connectivity index (χ1v) is 16.9. The van der Waals surface area contributed by atoms with Crippen LogP contribution in [0.15, 0.2) is 91.0 Å². The number of alkyl halides is 3. The number of carbonyl (C=O) groups excluding carboxylic acids is 3. The molecule has 2 N–H and O–H groups in total. The fourth-order valence-corrected chi connectivity index (χ4v) is 5.94. The summed E-state index contributed by atoms with van der Waals surface area (Å²) in [7, 11) is -3.87. The van der Waals surface area contributed by atoms with Gasteiger partial charge in [0.05, 0.1) is 36.4 Å². The first-order valence-electron chi connectivity index (χ1n) is 15.1. The van der Waals surface area contributed by atoms with Gasteiger partial charge in [-0.25, -0.2) is 9.07 Å². The Morgan fingerprint density at radius 2 is 1.70 bits per heavy atom. The number of likely N-dealkylation sites (N-methyl/N-ethyl adjacent to an activating group) is 1. The summed E-state index contributed by atoms with van der Waals surface area (Å²) in [6, 6.07) is 16.2. The van der Waals surface area contributed by atoms with Crippen LogP contribution in [0, 0.1) is 5.82 Å². The molecular formula is C34H31F4N5O6S. The van der Waals surface area contributed by atoms with Gasteiger partial charge in [-0.1, -0.05) is 43.0 Å². The van der Waals surface area contributed by atoms with E-state index in [1.54, 1.807) is 37.3 Å². The summed E-state index contributed by atoms with van der Waals surface area (Å²) >= 11 is 0. The van der Waals surface area contributed by atoms with E-state index in [1.165, 1.54) is 27.8 Å². The van der Waals surface area contributed by atoms with Crippen molar-refractivity contribution >= 4 is 33.7 Å². The van der Waals surface area contributed by atoms with E-state index in [0.717, 1.165) is 30.5 Å². The lowest BCUT2D eigenvalue weighted by atomic mass is 9.80. The summed E-state index contributed by atoms with van der Waals surface area (Å²) < 4.78 is 83.7. The Labute approximate surface area is 284 Å². The molecule has 11 nitrogen and oxygen atoms in total. The Morgan fingerprint density at radius 1 is 1.02 bits per heavy atom. The van der Waals surface area contributed by atoms with Crippen LogP contribution in [0.2, 0.25) is 0 Å². The zero-order valence-corrected chi connectivity index (χ0v) is 27.5. The summed E-state index contributed by atoms with van der Waals surface area (Å²) in [4.78, 5) is 42.2. The lowest BCUT2D eigenvalue weighted by molar-refractivity contribution is -0.137. The van der Waals surface area contributed by atoms with E-state index in [-0.39, 0.29) is 35.7 Å². The molecule has 2 atom stereocenters. The predicted octanol–water partition coefficient (Wildman–Crippen LogP) is 4.48. The highest BCUT2D eigenvalue weighted by molar-refractivity contribution is 7.86. The highest BCUT2D eigenvalue weighted by atomic mass is 32.2. The third kappa shape index (κ3) is 7.76. The van der Waals surface area contributed by atoms with Gasteiger partial charge in [-0.2, -0.15) is 26.7 Å². The van der Waals surface area contributed by atoms with Crippen molar-refractivity contribution in [2.75, 3.05) is 24.3 Å². The number of hydrogen-bond donors (Lipinski definition) is 2. The van der Waals surface area contributed by atoms with Crippen LogP contribution in [-0.4, -0.2) is 61.4 Å². The number of nitrogens with zero attached hydrogens (tertiary/aromatic N) is 3. The molecule has 3 aromatic carbocycles. The van der Waals surface area contributed by atoms with E-state index >= 15 is 0 Å². The maximum atomic E-state index is 14.3. The van der Waals surface area contributed by atoms with Crippen molar-refractivity contribution in [2.45, 2.75) is 31.6 Å². The zero-order chi connectivity index (χ0) is 36.4. The van der Waals surface area contributed by atoms with Crippen LogP contribution in [0.25, 0.3) is 5.69 Å². The number of anilines is 1. The Balaban J connectivity index is 1.64. The number of rotatable bonds is 11. The number of amides is 3. The first kappa shape index (κ1) is 35.9. The topological polar surface area (TPSA) is 140 Å². The van der Waals surface area contributed by atoms with Gasteiger partial charge in [0, 0.05) is 29.2 Å².